The van der Waals surface area contributed by atoms with E-state index in [4.69, 9.17) is 9.47 Å². The van der Waals surface area contributed by atoms with E-state index in [1.54, 1.807) is 6.26 Å². The van der Waals surface area contributed by atoms with Crippen LogP contribution >= 0.6 is 0 Å². The molecule has 0 fully saturated rings. The van der Waals surface area contributed by atoms with Crippen LogP contribution in [0.15, 0.2) is 36.6 Å². The molecule has 94 valence electrons. The predicted molar refractivity (Wildman–Crippen MR) is 71.8 cm³/mol. The molecule has 0 amide bonds. The average molecular weight is 234 g/mol. The first-order chi connectivity index (χ1) is 8.34. The number of unbranched alkanes of at least 4 members (excludes halogenated alkanes) is 1. The van der Waals surface area contributed by atoms with Crippen molar-refractivity contribution in [3.05, 3.63) is 42.2 Å². The zero-order chi connectivity index (χ0) is 12.3. The summed E-state index contributed by atoms with van der Waals surface area (Å²) in [6.07, 6.45) is 4.10. The molecule has 1 rings (SSSR count). The van der Waals surface area contributed by atoms with Crippen molar-refractivity contribution in [2.75, 3.05) is 19.8 Å². The van der Waals surface area contributed by atoms with Gasteiger partial charge in [-0.1, -0.05) is 43.7 Å². The van der Waals surface area contributed by atoms with Crippen molar-refractivity contribution in [3.63, 3.8) is 0 Å². The van der Waals surface area contributed by atoms with Crippen LogP contribution in [0.4, 0.5) is 0 Å². The van der Waals surface area contributed by atoms with Gasteiger partial charge in [-0.25, -0.2) is 0 Å². The second kappa shape index (κ2) is 8.82. The second-order valence-corrected chi connectivity index (χ2v) is 4.00. The molecule has 0 radical (unpaired) electrons. The van der Waals surface area contributed by atoms with E-state index in [1.807, 2.05) is 25.1 Å². The van der Waals surface area contributed by atoms with E-state index in [0.29, 0.717) is 13.2 Å². The molecule has 0 aliphatic rings. The van der Waals surface area contributed by atoms with E-state index < -0.39 is 0 Å². The van der Waals surface area contributed by atoms with E-state index >= 15 is 0 Å². The predicted octanol–water partition coefficient (Wildman–Crippen LogP) is 3.88. The van der Waals surface area contributed by atoms with Crippen LogP contribution in [-0.2, 0) is 9.47 Å². The van der Waals surface area contributed by atoms with Gasteiger partial charge in [0, 0.05) is 6.61 Å². The number of rotatable bonds is 8. The Bertz CT molecular complexity index is 317. The normalized spacial score (nSPS) is 11.5. The summed E-state index contributed by atoms with van der Waals surface area (Å²) < 4.78 is 10.9. The lowest BCUT2D eigenvalue weighted by atomic mass is 10.1. The molecular weight excluding hydrogens is 212 g/mol. The zero-order valence-electron chi connectivity index (χ0n) is 10.8. The molecule has 0 saturated heterocycles. The summed E-state index contributed by atoms with van der Waals surface area (Å²) in [6, 6.07) is 10.2. The van der Waals surface area contributed by atoms with Gasteiger partial charge in [0.15, 0.2) is 0 Å². The molecule has 1 aromatic rings. The number of benzene rings is 1. The molecule has 17 heavy (non-hydrogen) atoms. The topological polar surface area (TPSA) is 18.5 Å². The Kier molecular flexibility index (Phi) is 7.15. The van der Waals surface area contributed by atoms with Crippen LogP contribution < -0.4 is 0 Å². The van der Waals surface area contributed by atoms with E-state index in [2.05, 4.69) is 19.1 Å². The van der Waals surface area contributed by atoms with Crippen molar-refractivity contribution in [2.45, 2.75) is 26.7 Å². The molecule has 0 aliphatic heterocycles. The third kappa shape index (κ3) is 6.12. The Hall–Kier alpha value is -1.28. The van der Waals surface area contributed by atoms with Crippen molar-refractivity contribution in [2.24, 2.45) is 0 Å². The van der Waals surface area contributed by atoms with E-state index in [0.717, 1.165) is 18.6 Å². The largest absolute Gasteiger partial charge is 0.498 e. The Labute approximate surface area is 104 Å². The molecule has 0 heterocycles. The Morgan fingerprint density at radius 3 is 2.59 bits per heavy atom. The highest BCUT2D eigenvalue weighted by atomic mass is 16.5. The first-order valence-electron chi connectivity index (χ1n) is 6.26. The lowest BCUT2D eigenvalue weighted by Gasteiger charge is -2.05. The molecule has 1 aromatic carbocycles. The standard InChI is InChI=1S/C15H22O2/c1-3-4-10-16-11-12-17-13-14(2)15-8-6-5-7-9-15/h5-9,13H,3-4,10-12H2,1-2H3. The quantitative estimate of drug-likeness (QED) is 0.502. The molecule has 0 saturated carbocycles. The molecule has 0 bridgehead atoms. The first-order valence-corrected chi connectivity index (χ1v) is 6.26. The molecule has 0 N–H and O–H groups in total. The monoisotopic (exact) mass is 234 g/mol. The number of allylic oxidation sites excluding steroid dienone is 1. The second-order valence-electron chi connectivity index (χ2n) is 4.00. The van der Waals surface area contributed by atoms with Gasteiger partial charge in [-0.05, 0) is 24.5 Å². The lowest BCUT2D eigenvalue weighted by molar-refractivity contribution is 0.0834. The Morgan fingerprint density at radius 2 is 1.88 bits per heavy atom. The fraction of sp³-hybridized carbons (Fsp3) is 0.467. The molecule has 0 atom stereocenters. The average Bonchev–Trinajstić information content (AvgIpc) is 2.38. The minimum atomic E-state index is 0.619. The van der Waals surface area contributed by atoms with Gasteiger partial charge in [0.2, 0.25) is 0 Å². The van der Waals surface area contributed by atoms with E-state index in [1.165, 1.54) is 12.0 Å². The zero-order valence-corrected chi connectivity index (χ0v) is 10.8. The maximum atomic E-state index is 5.44. The molecule has 0 aliphatic carbocycles. The van der Waals surface area contributed by atoms with Crippen LogP contribution in [0.1, 0.15) is 32.3 Å². The van der Waals surface area contributed by atoms with Gasteiger partial charge in [0.05, 0.1) is 12.9 Å². The van der Waals surface area contributed by atoms with Gasteiger partial charge < -0.3 is 9.47 Å². The van der Waals surface area contributed by atoms with Crippen LogP contribution in [0.5, 0.6) is 0 Å². The maximum absolute atomic E-state index is 5.44. The summed E-state index contributed by atoms with van der Waals surface area (Å²) in [5, 5.41) is 0. The van der Waals surface area contributed by atoms with Crippen LogP contribution in [-0.4, -0.2) is 19.8 Å². The summed E-state index contributed by atoms with van der Waals surface area (Å²) in [5.74, 6) is 0. The fourth-order valence-corrected chi connectivity index (χ4v) is 1.41. The Morgan fingerprint density at radius 1 is 1.12 bits per heavy atom. The summed E-state index contributed by atoms with van der Waals surface area (Å²) in [7, 11) is 0. The fourth-order valence-electron chi connectivity index (χ4n) is 1.41. The van der Waals surface area contributed by atoms with Crippen molar-refractivity contribution >= 4 is 5.57 Å². The summed E-state index contributed by atoms with van der Waals surface area (Å²) >= 11 is 0. The van der Waals surface area contributed by atoms with Gasteiger partial charge in [0.1, 0.15) is 6.61 Å². The first kappa shape index (κ1) is 13.8. The van der Waals surface area contributed by atoms with Gasteiger partial charge >= 0.3 is 0 Å². The van der Waals surface area contributed by atoms with Gasteiger partial charge in [0.25, 0.3) is 0 Å². The van der Waals surface area contributed by atoms with Crippen molar-refractivity contribution in [1.29, 1.82) is 0 Å². The van der Waals surface area contributed by atoms with Crippen molar-refractivity contribution in [1.82, 2.24) is 0 Å². The van der Waals surface area contributed by atoms with Gasteiger partial charge in [-0.15, -0.1) is 0 Å². The Balaban J connectivity index is 2.16. The number of ether oxygens (including phenoxy) is 2. The highest BCUT2D eigenvalue weighted by Gasteiger charge is 1.93. The highest BCUT2D eigenvalue weighted by molar-refractivity contribution is 5.62. The van der Waals surface area contributed by atoms with E-state index in [-0.39, 0.29) is 0 Å². The third-order valence-corrected chi connectivity index (χ3v) is 2.48. The van der Waals surface area contributed by atoms with Crippen LogP contribution in [0.25, 0.3) is 5.57 Å². The van der Waals surface area contributed by atoms with Crippen molar-refractivity contribution < 1.29 is 9.47 Å². The van der Waals surface area contributed by atoms with Crippen LogP contribution in [0.2, 0.25) is 0 Å². The molecule has 0 unspecified atom stereocenters. The highest BCUT2D eigenvalue weighted by Crippen LogP contribution is 2.12. The van der Waals surface area contributed by atoms with Crippen LogP contribution in [0, 0.1) is 0 Å². The lowest BCUT2D eigenvalue weighted by Crippen LogP contribution is -2.02. The van der Waals surface area contributed by atoms with E-state index in [9.17, 15) is 0 Å². The number of hydrogen-bond acceptors (Lipinski definition) is 2. The summed E-state index contributed by atoms with van der Waals surface area (Å²) in [4.78, 5) is 0. The molecular formula is C15H22O2. The van der Waals surface area contributed by atoms with Gasteiger partial charge in [-0.2, -0.15) is 0 Å². The summed E-state index contributed by atoms with van der Waals surface area (Å²) in [5.41, 5.74) is 2.33. The minimum absolute atomic E-state index is 0.619. The minimum Gasteiger partial charge on any atom is -0.498 e. The molecule has 2 nitrogen and oxygen atoms in total. The molecule has 2 heteroatoms. The number of hydrogen-bond donors (Lipinski definition) is 0. The summed E-state index contributed by atoms with van der Waals surface area (Å²) in [6.45, 7) is 6.33. The third-order valence-electron chi connectivity index (χ3n) is 2.48. The van der Waals surface area contributed by atoms with Crippen LogP contribution in [0.3, 0.4) is 0 Å². The van der Waals surface area contributed by atoms with Gasteiger partial charge in [-0.3, -0.25) is 0 Å². The van der Waals surface area contributed by atoms with Crippen molar-refractivity contribution in [3.8, 4) is 0 Å². The molecule has 0 aromatic heterocycles. The SMILES string of the molecule is CCCCOCCOC=C(C)c1ccccc1. The molecule has 0 spiro atoms. The maximum Gasteiger partial charge on any atom is 0.111 e. The smallest absolute Gasteiger partial charge is 0.111 e.